The number of benzene rings is 1. The SMILES string of the molecule is NC(=S)c1cccc(CS(=O)(=O)Nc2cccnn2)c1. The number of nitrogens with two attached hydrogens (primary N) is 1. The van der Waals surface area contributed by atoms with E-state index >= 15 is 0 Å². The van der Waals surface area contributed by atoms with E-state index in [0.717, 1.165) is 0 Å². The molecule has 0 spiro atoms. The maximum atomic E-state index is 12.0. The van der Waals surface area contributed by atoms with E-state index in [4.69, 9.17) is 18.0 Å². The normalized spacial score (nSPS) is 11.0. The highest BCUT2D eigenvalue weighted by Gasteiger charge is 2.13. The molecule has 1 aromatic carbocycles. The van der Waals surface area contributed by atoms with Crippen LogP contribution in [0, 0.1) is 0 Å². The summed E-state index contributed by atoms with van der Waals surface area (Å²) in [6.45, 7) is 0. The number of anilines is 1. The van der Waals surface area contributed by atoms with Crippen molar-refractivity contribution in [2.24, 2.45) is 5.73 Å². The fourth-order valence-corrected chi connectivity index (χ4v) is 2.83. The Morgan fingerprint density at radius 3 is 2.75 bits per heavy atom. The van der Waals surface area contributed by atoms with Crippen molar-refractivity contribution in [3.8, 4) is 0 Å². The lowest BCUT2D eigenvalue weighted by Crippen LogP contribution is -2.17. The second-order valence-corrected chi connectivity index (χ2v) is 6.20. The van der Waals surface area contributed by atoms with Crippen LogP contribution in [0.5, 0.6) is 0 Å². The van der Waals surface area contributed by atoms with Crippen LogP contribution < -0.4 is 10.5 Å². The monoisotopic (exact) mass is 308 g/mol. The number of nitrogens with zero attached hydrogens (tertiary/aromatic N) is 2. The quantitative estimate of drug-likeness (QED) is 0.801. The predicted octanol–water partition coefficient (Wildman–Crippen LogP) is 1.05. The fourth-order valence-electron chi connectivity index (χ4n) is 1.59. The van der Waals surface area contributed by atoms with Gasteiger partial charge in [-0.2, -0.15) is 5.10 Å². The van der Waals surface area contributed by atoms with E-state index in [1.54, 1.807) is 30.3 Å². The van der Waals surface area contributed by atoms with Crippen LogP contribution in [0.1, 0.15) is 11.1 Å². The molecule has 2 rings (SSSR count). The summed E-state index contributed by atoms with van der Waals surface area (Å²) in [5.41, 5.74) is 6.74. The Kier molecular flexibility index (Phi) is 4.26. The van der Waals surface area contributed by atoms with Crippen LogP contribution in [0.15, 0.2) is 42.6 Å². The Morgan fingerprint density at radius 2 is 2.10 bits per heavy atom. The first-order valence-electron chi connectivity index (χ1n) is 5.63. The van der Waals surface area contributed by atoms with Crippen molar-refractivity contribution in [2.75, 3.05) is 4.72 Å². The molecular weight excluding hydrogens is 296 g/mol. The number of thiocarbonyl (C=S) groups is 1. The largest absolute Gasteiger partial charge is 0.389 e. The third kappa shape index (κ3) is 3.97. The zero-order valence-electron chi connectivity index (χ0n) is 10.4. The number of aromatic nitrogens is 2. The molecular formula is C12H12N4O2S2. The van der Waals surface area contributed by atoms with Gasteiger partial charge in [0.15, 0.2) is 5.82 Å². The van der Waals surface area contributed by atoms with Crippen molar-refractivity contribution in [1.29, 1.82) is 0 Å². The molecule has 0 atom stereocenters. The summed E-state index contributed by atoms with van der Waals surface area (Å²) in [5.74, 6) is -0.0157. The van der Waals surface area contributed by atoms with Crippen LogP contribution >= 0.6 is 12.2 Å². The third-order valence-electron chi connectivity index (χ3n) is 2.40. The van der Waals surface area contributed by atoms with Crippen molar-refractivity contribution < 1.29 is 8.42 Å². The number of hydrogen-bond donors (Lipinski definition) is 2. The van der Waals surface area contributed by atoms with Gasteiger partial charge >= 0.3 is 0 Å². The molecule has 8 heteroatoms. The molecule has 0 saturated carbocycles. The summed E-state index contributed by atoms with van der Waals surface area (Å²) >= 11 is 4.86. The van der Waals surface area contributed by atoms with E-state index in [1.165, 1.54) is 12.3 Å². The van der Waals surface area contributed by atoms with Gasteiger partial charge in [-0.25, -0.2) is 8.42 Å². The van der Waals surface area contributed by atoms with E-state index in [2.05, 4.69) is 14.9 Å². The molecule has 20 heavy (non-hydrogen) atoms. The molecule has 0 bridgehead atoms. The molecule has 1 aromatic heterocycles. The molecule has 0 aliphatic heterocycles. The first-order chi connectivity index (χ1) is 9.46. The van der Waals surface area contributed by atoms with Gasteiger partial charge in [0.05, 0.1) is 5.75 Å². The maximum Gasteiger partial charge on any atom is 0.238 e. The second-order valence-electron chi connectivity index (χ2n) is 4.03. The van der Waals surface area contributed by atoms with Crippen LogP contribution in [-0.2, 0) is 15.8 Å². The van der Waals surface area contributed by atoms with Gasteiger partial charge < -0.3 is 5.73 Å². The highest BCUT2D eigenvalue weighted by molar-refractivity contribution is 7.91. The molecule has 2 aromatic rings. The number of nitrogens with one attached hydrogen (secondary N) is 1. The summed E-state index contributed by atoms with van der Waals surface area (Å²) in [7, 11) is -3.57. The molecule has 0 unspecified atom stereocenters. The van der Waals surface area contributed by atoms with E-state index in [9.17, 15) is 8.42 Å². The summed E-state index contributed by atoms with van der Waals surface area (Å²) in [6.07, 6.45) is 1.46. The topological polar surface area (TPSA) is 98.0 Å². The summed E-state index contributed by atoms with van der Waals surface area (Å²) < 4.78 is 26.4. The minimum Gasteiger partial charge on any atom is -0.389 e. The van der Waals surface area contributed by atoms with E-state index in [1.807, 2.05) is 0 Å². The molecule has 3 N–H and O–H groups in total. The number of rotatable bonds is 5. The molecule has 104 valence electrons. The maximum absolute atomic E-state index is 12.0. The van der Waals surface area contributed by atoms with Gasteiger partial charge in [0.25, 0.3) is 0 Å². The van der Waals surface area contributed by atoms with Gasteiger partial charge in [-0.1, -0.05) is 30.4 Å². The smallest absolute Gasteiger partial charge is 0.238 e. The average molecular weight is 308 g/mol. The van der Waals surface area contributed by atoms with Crippen LogP contribution in [0.2, 0.25) is 0 Å². The second kappa shape index (κ2) is 5.93. The molecule has 0 aliphatic carbocycles. The molecule has 0 fully saturated rings. The first kappa shape index (κ1) is 14.4. The molecule has 0 saturated heterocycles. The lowest BCUT2D eigenvalue weighted by atomic mass is 10.1. The standard InChI is InChI=1S/C12H12N4O2S2/c13-12(19)10-4-1-3-9(7-10)8-20(17,18)16-11-5-2-6-14-15-11/h1-7H,8H2,(H2,13,19)(H,15,16). The lowest BCUT2D eigenvalue weighted by molar-refractivity contribution is 0.600. The summed E-state index contributed by atoms with van der Waals surface area (Å²) in [6, 6.07) is 9.90. The average Bonchev–Trinajstić information content (AvgIpc) is 2.39. The predicted molar refractivity (Wildman–Crippen MR) is 80.6 cm³/mol. The lowest BCUT2D eigenvalue weighted by Gasteiger charge is -2.07. The Labute approximate surface area is 122 Å². The van der Waals surface area contributed by atoms with Gasteiger partial charge in [-0.15, -0.1) is 5.10 Å². The van der Waals surface area contributed by atoms with Crippen molar-refractivity contribution in [3.05, 3.63) is 53.7 Å². The molecule has 6 nitrogen and oxygen atoms in total. The van der Waals surface area contributed by atoms with Gasteiger partial charge in [-0.05, 0) is 23.8 Å². The van der Waals surface area contributed by atoms with E-state index < -0.39 is 10.0 Å². The van der Waals surface area contributed by atoms with Gasteiger partial charge in [0.1, 0.15) is 4.99 Å². The van der Waals surface area contributed by atoms with Gasteiger partial charge in [-0.3, -0.25) is 4.72 Å². The Balaban J connectivity index is 2.16. The highest BCUT2D eigenvalue weighted by atomic mass is 32.2. The van der Waals surface area contributed by atoms with Crippen LogP contribution in [0.25, 0.3) is 0 Å². The minimum atomic E-state index is -3.57. The van der Waals surface area contributed by atoms with Crippen molar-refractivity contribution in [2.45, 2.75) is 5.75 Å². The van der Waals surface area contributed by atoms with E-state index in [-0.39, 0.29) is 16.6 Å². The van der Waals surface area contributed by atoms with E-state index in [0.29, 0.717) is 11.1 Å². The summed E-state index contributed by atoms with van der Waals surface area (Å²) in [5, 5.41) is 7.27. The number of hydrogen-bond acceptors (Lipinski definition) is 5. The third-order valence-corrected chi connectivity index (χ3v) is 3.87. The Morgan fingerprint density at radius 1 is 1.30 bits per heavy atom. The first-order valence-corrected chi connectivity index (χ1v) is 7.69. The van der Waals surface area contributed by atoms with Gasteiger partial charge in [0.2, 0.25) is 10.0 Å². The van der Waals surface area contributed by atoms with Gasteiger partial charge in [0, 0.05) is 11.8 Å². The molecule has 0 radical (unpaired) electrons. The van der Waals surface area contributed by atoms with Crippen LogP contribution in [0.3, 0.4) is 0 Å². The van der Waals surface area contributed by atoms with Crippen molar-refractivity contribution in [3.63, 3.8) is 0 Å². The zero-order chi connectivity index (χ0) is 14.6. The molecule has 1 heterocycles. The fraction of sp³-hybridized carbons (Fsp3) is 0.0833. The van der Waals surface area contributed by atoms with Crippen LogP contribution in [-0.4, -0.2) is 23.6 Å². The Hall–Kier alpha value is -2.06. The molecule has 0 amide bonds. The summed E-state index contributed by atoms with van der Waals surface area (Å²) in [4.78, 5) is 0.228. The molecule has 0 aliphatic rings. The number of sulfonamides is 1. The Bertz CT molecular complexity index is 717. The minimum absolute atomic E-state index is 0.179. The zero-order valence-corrected chi connectivity index (χ0v) is 12.0. The van der Waals surface area contributed by atoms with Crippen molar-refractivity contribution >= 4 is 33.0 Å². The van der Waals surface area contributed by atoms with Crippen molar-refractivity contribution in [1.82, 2.24) is 10.2 Å². The highest BCUT2D eigenvalue weighted by Crippen LogP contribution is 2.11. The van der Waals surface area contributed by atoms with Crippen LogP contribution in [0.4, 0.5) is 5.82 Å².